The number of rotatable bonds is 3. The molecule has 1 aliphatic carbocycles. The van der Waals surface area contributed by atoms with Crippen LogP contribution in [0.3, 0.4) is 0 Å². The van der Waals surface area contributed by atoms with Gasteiger partial charge in [0.05, 0.1) is 28.5 Å². The van der Waals surface area contributed by atoms with E-state index in [4.69, 9.17) is 19.3 Å². The first-order valence-corrected chi connectivity index (χ1v) is 11.1. The third-order valence-electron chi connectivity index (χ3n) is 6.63. The summed E-state index contributed by atoms with van der Waals surface area (Å²) < 4.78 is 52.7. The van der Waals surface area contributed by atoms with Crippen LogP contribution in [0.5, 0.6) is 11.5 Å². The van der Waals surface area contributed by atoms with Crippen molar-refractivity contribution in [2.24, 2.45) is 12.7 Å². The van der Waals surface area contributed by atoms with Gasteiger partial charge in [0.25, 0.3) is 5.56 Å². The quantitative estimate of drug-likeness (QED) is 0.465. The highest BCUT2D eigenvalue weighted by atomic mass is 19.1. The molecule has 0 saturated heterocycles. The number of nitrogens with two attached hydrogens (primary N) is 1. The van der Waals surface area contributed by atoms with E-state index in [0.29, 0.717) is 26.7 Å². The molecular weight excluding hydrogens is 451 g/mol. The summed E-state index contributed by atoms with van der Waals surface area (Å²) in [5.74, 6) is -0.666. The Morgan fingerprint density at radius 3 is 2.91 bits per heavy atom. The lowest BCUT2D eigenvalue weighted by atomic mass is 9.95. The maximum atomic E-state index is 15.8. The van der Waals surface area contributed by atoms with E-state index in [0.717, 1.165) is 25.3 Å². The molecule has 2 atom stereocenters. The Bertz CT molecular complexity index is 1710. The van der Waals surface area contributed by atoms with Crippen molar-refractivity contribution in [2.75, 3.05) is 0 Å². The molecule has 0 spiro atoms. The molecule has 2 unspecified atom stereocenters. The molecule has 0 bridgehead atoms. The Balaban J connectivity index is 1.62. The molecule has 4 aromatic rings. The van der Waals surface area contributed by atoms with E-state index in [9.17, 15) is 10.1 Å². The number of aromatic amines is 1. The predicted octanol–water partition coefficient (Wildman–Crippen LogP) is 3.15. The van der Waals surface area contributed by atoms with Crippen molar-refractivity contribution in [1.29, 1.82) is 5.26 Å². The van der Waals surface area contributed by atoms with Gasteiger partial charge in [-0.3, -0.25) is 9.48 Å². The van der Waals surface area contributed by atoms with Crippen LogP contribution in [0.15, 0.2) is 35.3 Å². The standard InChI is InChI=1S/C25H21FN6O3/c1-32-23(16(11-29-32)12-5-6-13-14(7-12)18(10-28)30-31-25(13)33)22-15(9-27)24-21(8-17(22)26)34-19-3-2-4-20(19)35-24/h5-8,11,19-20H,2-4,10,28H2,1H3,(H,31,33)/i1D3. The third kappa shape index (κ3) is 3.19. The summed E-state index contributed by atoms with van der Waals surface area (Å²) in [6.45, 7) is -2.76. The highest BCUT2D eigenvalue weighted by Crippen LogP contribution is 2.47. The Hall–Kier alpha value is -4.23. The third-order valence-corrected chi connectivity index (χ3v) is 6.63. The predicted molar refractivity (Wildman–Crippen MR) is 125 cm³/mol. The zero-order chi connectivity index (χ0) is 26.8. The first kappa shape index (κ1) is 18.1. The molecule has 0 radical (unpaired) electrons. The fraction of sp³-hybridized carbons (Fsp3) is 0.280. The largest absolute Gasteiger partial charge is 0.483 e. The monoisotopic (exact) mass is 475 g/mol. The number of nitrogens with zero attached hydrogens (tertiary/aromatic N) is 4. The lowest BCUT2D eigenvalue weighted by Crippen LogP contribution is -2.35. The van der Waals surface area contributed by atoms with Crippen LogP contribution in [0.1, 0.15) is 34.6 Å². The SMILES string of the molecule is [2H]C([2H])([2H])n1ncc(-c2ccc3c(=O)[nH]nc(CN)c3c2)c1-c1c(F)cc2c(c1C#N)OC1CCCC1O2. The number of benzene rings is 2. The van der Waals surface area contributed by atoms with E-state index in [1.54, 1.807) is 18.2 Å². The van der Waals surface area contributed by atoms with E-state index in [-0.39, 0.29) is 52.6 Å². The van der Waals surface area contributed by atoms with E-state index in [1.807, 2.05) is 6.07 Å². The Morgan fingerprint density at radius 1 is 1.31 bits per heavy atom. The van der Waals surface area contributed by atoms with E-state index < -0.39 is 18.4 Å². The van der Waals surface area contributed by atoms with Crippen LogP contribution in [0, 0.1) is 17.1 Å². The Kier molecular flexibility index (Phi) is 4.11. The zero-order valence-electron chi connectivity index (χ0n) is 21.3. The summed E-state index contributed by atoms with van der Waals surface area (Å²) in [5.41, 5.74) is 5.89. The van der Waals surface area contributed by atoms with Gasteiger partial charge in [0, 0.05) is 34.6 Å². The summed E-state index contributed by atoms with van der Waals surface area (Å²) in [7, 11) is 0. The van der Waals surface area contributed by atoms with Crippen molar-refractivity contribution in [1.82, 2.24) is 20.0 Å². The van der Waals surface area contributed by atoms with Crippen LogP contribution in [-0.4, -0.2) is 32.2 Å². The van der Waals surface area contributed by atoms with Gasteiger partial charge in [-0.1, -0.05) is 6.07 Å². The number of nitriles is 1. The van der Waals surface area contributed by atoms with Crippen molar-refractivity contribution < 1.29 is 18.0 Å². The number of aromatic nitrogens is 4. The number of fused-ring (bicyclic) bond motifs is 3. The minimum atomic E-state index is -2.80. The second-order valence-corrected chi connectivity index (χ2v) is 8.57. The smallest absolute Gasteiger partial charge is 0.272 e. The molecule has 2 aliphatic rings. The minimum Gasteiger partial charge on any atom is -0.483 e. The molecule has 3 N–H and O–H groups in total. The summed E-state index contributed by atoms with van der Waals surface area (Å²) in [6.07, 6.45) is 3.15. The van der Waals surface area contributed by atoms with Crippen molar-refractivity contribution >= 4 is 10.8 Å². The number of ether oxygens (including phenoxy) is 2. The number of H-pyrrole nitrogens is 1. The second-order valence-electron chi connectivity index (χ2n) is 8.57. The first-order chi connectivity index (χ1) is 18.2. The van der Waals surface area contributed by atoms with Crippen LogP contribution < -0.4 is 20.8 Å². The number of halogens is 1. The van der Waals surface area contributed by atoms with Crippen LogP contribution in [0.2, 0.25) is 0 Å². The summed E-state index contributed by atoms with van der Waals surface area (Å²) in [5, 5.41) is 21.4. The van der Waals surface area contributed by atoms with Crippen molar-refractivity contribution in [3.63, 3.8) is 0 Å². The molecule has 2 aromatic heterocycles. The van der Waals surface area contributed by atoms with Crippen LogP contribution in [0.4, 0.5) is 4.39 Å². The van der Waals surface area contributed by atoms with Gasteiger partial charge in [-0.25, -0.2) is 9.49 Å². The molecule has 0 amide bonds. The van der Waals surface area contributed by atoms with Gasteiger partial charge >= 0.3 is 0 Å². The van der Waals surface area contributed by atoms with Gasteiger partial charge in [0.15, 0.2) is 11.5 Å². The second kappa shape index (κ2) is 7.92. The Labute approximate surface area is 203 Å². The average molecular weight is 475 g/mol. The minimum absolute atomic E-state index is 0.0374. The van der Waals surface area contributed by atoms with Gasteiger partial charge in [-0.15, -0.1) is 0 Å². The van der Waals surface area contributed by atoms with E-state index in [2.05, 4.69) is 15.3 Å². The number of hydrogen-bond acceptors (Lipinski definition) is 7. The van der Waals surface area contributed by atoms with Gasteiger partial charge in [0.2, 0.25) is 0 Å². The fourth-order valence-corrected chi connectivity index (χ4v) is 4.97. The molecule has 9 nitrogen and oxygen atoms in total. The van der Waals surface area contributed by atoms with Crippen molar-refractivity contribution in [3.8, 4) is 40.0 Å². The lowest BCUT2D eigenvalue weighted by molar-refractivity contribution is 0.0423. The molecule has 10 heteroatoms. The average Bonchev–Trinajstić information content (AvgIpc) is 3.53. The van der Waals surface area contributed by atoms with Crippen molar-refractivity contribution in [2.45, 2.75) is 38.0 Å². The van der Waals surface area contributed by atoms with Gasteiger partial charge < -0.3 is 15.2 Å². The van der Waals surface area contributed by atoms with Gasteiger partial charge in [-0.2, -0.15) is 15.5 Å². The Morgan fingerprint density at radius 2 is 2.14 bits per heavy atom. The van der Waals surface area contributed by atoms with Crippen molar-refractivity contribution in [3.05, 3.63) is 57.9 Å². The molecular formula is C25H21FN6O3. The van der Waals surface area contributed by atoms with Crippen LogP contribution in [-0.2, 0) is 13.5 Å². The molecule has 1 aliphatic heterocycles. The molecule has 1 saturated carbocycles. The molecule has 176 valence electrons. The van der Waals surface area contributed by atoms with Gasteiger partial charge in [-0.05, 0) is 37.0 Å². The molecule has 35 heavy (non-hydrogen) atoms. The number of aryl methyl sites for hydroxylation is 1. The van der Waals surface area contributed by atoms with Gasteiger partial charge in [0.1, 0.15) is 29.7 Å². The molecule has 1 fully saturated rings. The maximum Gasteiger partial charge on any atom is 0.272 e. The molecule has 3 heterocycles. The number of nitrogens with one attached hydrogen (secondary N) is 1. The zero-order valence-corrected chi connectivity index (χ0v) is 18.3. The van der Waals surface area contributed by atoms with E-state index in [1.165, 1.54) is 6.20 Å². The van der Waals surface area contributed by atoms with E-state index >= 15 is 4.39 Å². The highest BCUT2D eigenvalue weighted by Gasteiger charge is 2.39. The van der Waals surface area contributed by atoms with Crippen LogP contribution >= 0.6 is 0 Å². The summed E-state index contributed by atoms with van der Waals surface area (Å²) in [6, 6.07) is 7.88. The number of hydrogen-bond donors (Lipinski definition) is 2. The highest BCUT2D eigenvalue weighted by molar-refractivity contribution is 5.92. The summed E-state index contributed by atoms with van der Waals surface area (Å²) in [4.78, 5) is 12.3. The maximum absolute atomic E-state index is 15.8. The van der Waals surface area contributed by atoms with Crippen LogP contribution in [0.25, 0.3) is 33.2 Å². The summed E-state index contributed by atoms with van der Waals surface area (Å²) >= 11 is 0. The lowest BCUT2D eigenvalue weighted by Gasteiger charge is -2.30. The normalized spacial score (nSPS) is 20.1. The fourth-order valence-electron chi connectivity index (χ4n) is 4.97. The first-order valence-electron chi connectivity index (χ1n) is 12.6. The molecule has 2 aromatic carbocycles. The topological polar surface area (TPSA) is 132 Å². The molecule has 6 rings (SSSR count).